The molecule has 0 fully saturated rings. The maximum atomic E-state index is 12.9. The summed E-state index contributed by atoms with van der Waals surface area (Å²) in [4.78, 5) is 35.5. The number of ether oxygens (including phenoxy) is 3. The third-order valence-electron chi connectivity index (χ3n) is 5.49. The molecule has 0 unspecified atom stereocenters. The van der Waals surface area contributed by atoms with Crippen molar-refractivity contribution in [2.45, 2.75) is 19.8 Å². The number of hydrogen-bond donors (Lipinski definition) is 3. The first kappa shape index (κ1) is 31.3. The van der Waals surface area contributed by atoms with Gasteiger partial charge in [0.1, 0.15) is 0 Å². The molecule has 39 heavy (non-hydrogen) atoms. The van der Waals surface area contributed by atoms with Gasteiger partial charge in [-0.15, -0.1) is 0 Å². The quantitative estimate of drug-likeness (QED) is 0.225. The summed E-state index contributed by atoms with van der Waals surface area (Å²) in [7, 11) is 1.29. The zero-order chi connectivity index (χ0) is 28.8. The van der Waals surface area contributed by atoms with E-state index in [9.17, 15) is 14.4 Å². The van der Waals surface area contributed by atoms with Gasteiger partial charge in [-0.3, -0.25) is 0 Å². The van der Waals surface area contributed by atoms with E-state index in [1.807, 2.05) is 30.3 Å². The van der Waals surface area contributed by atoms with Gasteiger partial charge in [0.25, 0.3) is 0 Å². The number of carbonyl (C=O) groups is 3. The summed E-state index contributed by atoms with van der Waals surface area (Å²) < 4.78 is 15.8. The van der Waals surface area contributed by atoms with E-state index in [-0.39, 0.29) is 18.8 Å². The van der Waals surface area contributed by atoms with Gasteiger partial charge >= 0.3 is 17.9 Å². The minimum absolute atomic E-state index is 0.109. The predicted octanol–water partition coefficient (Wildman–Crippen LogP) is 4.05. The topological polar surface area (TPSA) is 137 Å². The van der Waals surface area contributed by atoms with Gasteiger partial charge in [0.05, 0.1) is 49.7 Å². The van der Waals surface area contributed by atoms with Crippen molar-refractivity contribution in [1.82, 2.24) is 5.32 Å². The number of benzene rings is 2. The molecule has 0 spiro atoms. The summed E-state index contributed by atoms with van der Waals surface area (Å²) in [6, 6.07) is 16.4. The third kappa shape index (κ3) is 9.10. The summed E-state index contributed by atoms with van der Waals surface area (Å²) in [5.41, 5.74) is 8.60. The molecule has 2 aromatic carbocycles. The normalized spacial score (nSPS) is 14.8. The highest BCUT2D eigenvalue weighted by Crippen LogP contribution is 2.41. The molecule has 208 valence electrons. The van der Waals surface area contributed by atoms with Crippen LogP contribution in [0.4, 0.5) is 0 Å². The molecule has 0 aliphatic carbocycles. The van der Waals surface area contributed by atoms with Crippen LogP contribution in [0.2, 0.25) is 5.02 Å². The van der Waals surface area contributed by atoms with E-state index in [0.717, 1.165) is 11.6 Å². The number of halogens is 1. The van der Waals surface area contributed by atoms with Crippen molar-refractivity contribution in [3.05, 3.63) is 99.4 Å². The summed E-state index contributed by atoms with van der Waals surface area (Å²) >= 11 is 6.42. The Hall–Kier alpha value is -3.92. The van der Waals surface area contributed by atoms with Crippen LogP contribution in [0.5, 0.6) is 0 Å². The minimum Gasteiger partial charge on any atom is -0.478 e. The van der Waals surface area contributed by atoms with E-state index in [1.54, 1.807) is 44.2 Å². The first-order valence-electron chi connectivity index (χ1n) is 12.2. The highest BCUT2D eigenvalue weighted by atomic mass is 35.5. The molecule has 1 heterocycles. The summed E-state index contributed by atoms with van der Waals surface area (Å²) in [5, 5.41) is 11.8. The molecule has 0 bridgehead atoms. The fourth-order valence-corrected chi connectivity index (χ4v) is 4.09. The second-order valence-electron chi connectivity index (χ2n) is 8.15. The van der Waals surface area contributed by atoms with Crippen molar-refractivity contribution < 1.29 is 33.7 Å². The van der Waals surface area contributed by atoms with Gasteiger partial charge in [-0.2, -0.15) is 0 Å². The van der Waals surface area contributed by atoms with Crippen molar-refractivity contribution in [3.63, 3.8) is 0 Å². The van der Waals surface area contributed by atoms with Crippen molar-refractivity contribution in [1.29, 1.82) is 0 Å². The van der Waals surface area contributed by atoms with Crippen LogP contribution in [0.1, 0.15) is 30.9 Å². The van der Waals surface area contributed by atoms with E-state index in [0.29, 0.717) is 40.7 Å². The van der Waals surface area contributed by atoms with Gasteiger partial charge in [-0.25, -0.2) is 14.4 Å². The molecule has 9 nitrogen and oxygen atoms in total. The Bertz CT molecular complexity index is 1240. The Morgan fingerprint density at radius 3 is 2.31 bits per heavy atom. The van der Waals surface area contributed by atoms with Crippen molar-refractivity contribution in [2.75, 3.05) is 33.5 Å². The summed E-state index contributed by atoms with van der Waals surface area (Å²) in [5.74, 6) is -2.79. The molecule has 1 atom stereocenters. The second kappa shape index (κ2) is 16.1. The lowest BCUT2D eigenvalue weighted by atomic mass is 9.80. The van der Waals surface area contributed by atoms with Crippen LogP contribution in [0.3, 0.4) is 0 Å². The largest absolute Gasteiger partial charge is 0.478 e. The molecular weight excluding hydrogens is 524 g/mol. The minimum atomic E-state index is -0.922. The summed E-state index contributed by atoms with van der Waals surface area (Å²) in [6.45, 7) is 4.42. The number of aliphatic carboxylic acids is 1. The SMILES string of the molecule is CCOC(=O)C1=C(COCCN)NC(C)=C(C(=O)OC)[C@@H]1c1ccccc1Cl.O=C(O)/C=C/c1ccccc1. The molecule has 4 N–H and O–H groups in total. The second-order valence-corrected chi connectivity index (χ2v) is 8.55. The molecule has 2 aromatic rings. The van der Waals surface area contributed by atoms with E-state index >= 15 is 0 Å². The maximum Gasteiger partial charge on any atom is 0.336 e. The van der Waals surface area contributed by atoms with Crippen LogP contribution < -0.4 is 11.1 Å². The zero-order valence-electron chi connectivity index (χ0n) is 22.1. The summed E-state index contributed by atoms with van der Waals surface area (Å²) in [6.07, 6.45) is 2.68. The number of methoxy groups -OCH3 is 1. The first-order valence-corrected chi connectivity index (χ1v) is 12.6. The van der Waals surface area contributed by atoms with E-state index in [4.69, 9.17) is 36.7 Å². The fraction of sp³-hybridized carbons (Fsp3) is 0.276. The molecule has 3 rings (SSSR count). The van der Waals surface area contributed by atoms with Crippen LogP contribution in [-0.4, -0.2) is 56.5 Å². The van der Waals surface area contributed by atoms with Crippen LogP contribution in [0.15, 0.2) is 83.2 Å². The number of hydrogen-bond acceptors (Lipinski definition) is 8. The molecule has 0 aromatic heterocycles. The Balaban J connectivity index is 0.000000404. The Labute approximate surface area is 232 Å². The van der Waals surface area contributed by atoms with Gasteiger partial charge < -0.3 is 30.4 Å². The van der Waals surface area contributed by atoms with Gasteiger partial charge in [0.2, 0.25) is 0 Å². The molecule has 1 aliphatic rings. The maximum absolute atomic E-state index is 12.9. The number of rotatable bonds is 10. The number of dihydropyridines is 1. The van der Waals surface area contributed by atoms with Crippen LogP contribution in [-0.2, 0) is 28.6 Å². The highest BCUT2D eigenvalue weighted by Gasteiger charge is 2.39. The monoisotopic (exact) mass is 556 g/mol. The first-order chi connectivity index (χ1) is 18.7. The predicted molar refractivity (Wildman–Crippen MR) is 149 cm³/mol. The van der Waals surface area contributed by atoms with E-state index in [2.05, 4.69) is 5.32 Å². The fourth-order valence-electron chi connectivity index (χ4n) is 3.85. The Morgan fingerprint density at radius 2 is 1.72 bits per heavy atom. The average molecular weight is 557 g/mol. The van der Waals surface area contributed by atoms with Gasteiger partial charge in [0.15, 0.2) is 0 Å². The number of nitrogens with one attached hydrogen (secondary N) is 1. The number of carbonyl (C=O) groups excluding carboxylic acids is 2. The molecule has 1 aliphatic heterocycles. The molecule has 0 saturated carbocycles. The lowest BCUT2D eigenvalue weighted by molar-refractivity contribution is -0.139. The lowest BCUT2D eigenvalue weighted by Gasteiger charge is -2.31. The van der Waals surface area contributed by atoms with Gasteiger partial charge in [0, 0.05) is 23.3 Å². The third-order valence-corrected chi connectivity index (χ3v) is 5.83. The molecule has 0 saturated heterocycles. The van der Waals surface area contributed by atoms with Gasteiger partial charge in [-0.05, 0) is 37.1 Å². The van der Waals surface area contributed by atoms with Crippen LogP contribution in [0, 0.1) is 0 Å². The van der Waals surface area contributed by atoms with Crippen molar-refractivity contribution >= 4 is 35.6 Å². The zero-order valence-corrected chi connectivity index (χ0v) is 22.9. The number of esters is 2. The van der Waals surface area contributed by atoms with Crippen LogP contribution >= 0.6 is 11.6 Å². The lowest BCUT2D eigenvalue weighted by Crippen LogP contribution is -2.35. The van der Waals surface area contributed by atoms with Gasteiger partial charge in [-0.1, -0.05) is 60.1 Å². The molecule has 0 radical (unpaired) electrons. The van der Waals surface area contributed by atoms with Crippen molar-refractivity contribution in [3.8, 4) is 0 Å². The number of carboxylic acids is 1. The van der Waals surface area contributed by atoms with E-state index < -0.39 is 23.8 Å². The smallest absolute Gasteiger partial charge is 0.336 e. The average Bonchev–Trinajstić information content (AvgIpc) is 2.92. The van der Waals surface area contributed by atoms with Crippen LogP contribution in [0.25, 0.3) is 6.08 Å². The Morgan fingerprint density at radius 1 is 1.05 bits per heavy atom. The number of allylic oxidation sites excluding steroid dienone is 1. The molecule has 0 amide bonds. The molecular formula is C29H33ClN2O7. The number of nitrogens with two attached hydrogens (primary N) is 1. The standard InChI is InChI=1S/C20H25ClN2O5.C9H8O2/c1-4-28-20(25)18-15(11-27-10-9-22)23-12(2)16(19(24)26-3)17(18)13-7-5-6-8-14(13)21;10-9(11)7-6-8-4-2-1-3-5-8/h5-8,17,23H,4,9-11,22H2,1-3H3;1-7H,(H,10,11)/b;7-6+/t17-;/m0./s1. The highest BCUT2D eigenvalue weighted by molar-refractivity contribution is 6.31. The van der Waals surface area contributed by atoms with Crippen molar-refractivity contribution in [2.24, 2.45) is 5.73 Å². The van der Waals surface area contributed by atoms with E-state index in [1.165, 1.54) is 7.11 Å². The number of carboxylic acid groups (broad SMARTS) is 1. The Kier molecular flexibility index (Phi) is 12.9. The molecule has 10 heteroatoms.